The summed E-state index contributed by atoms with van der Waals surface area (Å²) in [5.41, 5.74) is 2.08. The Labute approximate surface area is 146 Å². The summed E-state index contributed by atoms with van der Waals surface area (Å²) in [6, 6.07) is 12.3. The van der Waals surface area contributed by atoms with E-state index >= 15 is 0 Å². The average Bonchev–Trinajstić information content (AvgIpc) is 2.39. The van der Waals surface area contributed by atoms with E-state index in [4.69, 9.17) is 16.3 Å². The fourth-order valence-corrected chi connectivity index (χ4v) is 3.27. The van der Waals surface area contributed by atoms with Gasteiger partial charge in [-0.05, 0) is 75.3 Å². The molecule has 0 amide bonds. The number of methoxy groups -OCH3 is 1. The quantitative estimate of drug-likeness (QED) is 0.568. The highest BCUT2D eigenvalue weighted by Crippen LogP contribution is 2.37. The molecule has 2 rings (SSSR count). The fraction of sp³-hybridized carbons (Fsp3) is 0.200. The highest BCUT2D eigenvalue weighted by Gasteiger charge is 2.12. The van der Waals surface area contributed by atoms with Gasteiger partial charge in [0, 0.05) is 14.6 Å². The van der Waals surface area contributed by atoms with Gasteiger partial charge in [0.15, 0.2) is 5.75 Å². The van der Waals surface area contributed by atoms with Crippen LogP contribution in [0.2, 0.25) is 5.02 Å². The molecule has 0 aliphatic carbocycles. The van der Waals surface area contributed by atoms with Crippen molar-refractivity contribution in [3.63, 3.8) is 0 Å². The Bertz CT molecular complexity index is 604. The van der Waals surface area contributed by atoms with Gasteiger partial charge in [0.2, 0.25) is 0 Å². The number of anilines is 1. The lowest BCUT2D eigenvalue weighted by Gasteiger charge is -2.19. The molecule has 0 radical (unpaired) electrons. The highest BCUT2D eigenvalue weighted by atomic mass is 127. The minimum absolute atomic E-state index is 0.159. The molecule has 106 valence electrons. The Morgan fingerprint density at radius 1 is 1.25 bits per heavy atom. The van der Waals surface area contributed by atoms with Crippen molar-refractivity contribution in [1.82, 2.24) is 0 Å². The first-order valence-electron chi connectivity index (χ1n) is 6.06. The molecule has 2 nitrogen and oxygen atoms in total. The Morgan fingerprint density at radius 3 is 2.50 bits per heavy atom. The fourth-order valence-electron chi connectivity index (χ4n) is 1.94. The van der Waals surface area contributed by atoms with Crippen LogP contribution in [0.4, 0.5) is 5.69 Å². The molecule has 0 spiro atoms. The summed E-state index contributed by atoms with van der Waals surface area (Å²) >= 11 is 11.9. The molecule has 20 heavy (non-hydrogen) atoms. The van der Waals surface area contributed by atoms with E-state index in [0.717, 1.165) is 15.9 Å². The summed E-state index contributed by atoms with van der Waals surface area (Å²) in [5.74, 6) is 0.756. The second-order valence-electron chi connectivity index (χ2n) is 4.39. The van der Waals surface area contributed by atoms with Gasteiger partial charge in [0.05, 0.1) is 17.3 Å². The second kappa shape index (κ2) is 7.00. The number of hydrogen-bond donors (Lipinski definition) is 1. The van der Waals surface area contributed by atoms with E-state index in [1.165, 1.54) is 9.13 Å². The third-order valence-corrected chi connectivity index (χ3v) is 4.48. The minimum atomic E-state index is 0.159. The molecule has 0 bridgehead atoms. The number of nitrogens with one attached hydrogen (secondary N) is 1. The van der Waals surface area contributed by atoms with E-state index in [9.17, 15) is 0 Å². The molecule has 0 aliphatic heterocycles. The van der Waals surface area contributed by atoms with Crippen molar-refractivity contribution >= 4 is 55.8 Å². The lowest BCUT2D eigenvalue weighted by molar-refractivity contribution is 0.413. The number of benzene rings is 2. The van der Waals surface area contributed by atoms with E-state index in [1.54, 1.807) is 7.11 Å². The SMILES string of the molecule is COc1c(Br)cc(Cl)cc1NC(C)c1ccc(I)cc1. The van der Waals surface area contributed by atoms with E-state index < -0.39 is 0 Å². The number of rotatable bonds is 4. The van der Waals surface area contributed by atoms with Crippen LogP contribution in [-0.4, -0.2) is 7.11 Å². The van der Waals surface area contributed by atoms with Crippen LogP contribution in [-0.2, 0) is 0 Å². The average molecular weight is 467 g/mol. The summed E-state index contributed by atoms with van der Waals surface area (Å²) in [7, 11) is 1.65. The first kappa shape index (κ1) is 15.9. The molecule has 1 unspecified atom stereocenters. The summed E-state index contributed by atoms with van der Waals surface area (Å²) in [6.45, 7) is 2.11. The van der Waals surface area contributed by atoms with Crippen LogP contribution in [0.1, 0.15) is 18.5 Å². The molecule has 5 heteroatoms. The molecule has 1 N–H and O–H groups in total. The molecule has 0 heterocycles. The molecule has 0 saturated carbocycles. The Morgan fingerprint density at radius 2 is 1.90 bits per heavy atom. The first-order chi connectivity index (χ1) is 9.51. The van der Waals surface area contributed by atoms with Crippen LogP contribution in [0.5, 0.6) is 5.75 Å². The van der Waals surface area contributed by atoms with Crippen molar-refractivity contribution in [3.8, 4) is 5.75 Å². The molecule has 2 aromatic carbocycles. The highest BCUT2D eigenvalue weighted by molar-refractivity contribution is 14.1. The van der Waals surface area contributed by atoms with Gasteiger partial charge in [-0.3, -0.25) is 0 Å². The van der Waals surface area contributed by atoms with E-state index in [-0.39, 0.29) is 6.04 Å². The molecular formula is C15H14BrClINO. The van der Waals surface area contributed by atoms with Crippen LogP contribution in [0.25, 0.3) is 0 Å². The number of halogens is 3. The maximum Gasteiger partial charge on any atom is 0.156 e. The predicted molar refractivity (Wildman–Crippen MR) is 96.9 cm³/mol. The van der Waals surface area contributed by atoms with Crippen molar-refractivity contribution in [2.75, 3.05) is 12.4 Å². The molecule has 0 fully saturated rings. The lowest BCUT2D eigenvalue weighted by Crippen LogP contribution is -2.08. The van der Waals surface area contributed by atoms with Crippen molar-refractivity contribution in [2.24, 2.45) is 0 Å². The van der Waals surface area contributed by atoms with E-state index in [0.29, 0.717) is 5.02 Å². The Kier molecular flexibility index (Phi) is 5.57. The molecule has 0 aromatic heterocycles. The van der Waals surface area contributed by atoms with Gasteiger partial charge in [-0.2, -0.15) is 0 Å². The summed E-state index contributed by atoms with van der Waals surface area (Å²) in [6.07, 6.45) is 0. The minimum Gasteiger partial charge on any atom is -0.493 e. The van der Waals surface area contributed by atoms with Gasteiger partial charge in [-0.25, -0.2) is 0 Å². The zero-order valence-electron chi connectivity index (χ0n) is 11.1. The standard InChI is InChI=1S/C15H14BrClINO/c1-9(10-3-5-12(18)6-4-10)19-14-8-11(17)7-13(16)15(14)20-2/h3-9,19H,1-2H3. The van der Waals surface area contributed by atoms with Gasteiger partial charge in [-0.15, -0.1) is 0 Å². The van der Waals surface area contributed by atoms with Gasteiger partial charge in [0.1, 0.15) is 0 Å². The van der Waals surface area contributed by atoms with Gasteiger partial charge >= 0.3 is 0 Å². The molecule has 0 aliphatic rings. The molecular weight excluding hydrogens is 452 g/mol. The summed E-state index contributed by atoms with van der Waals surface area (Å²) in [4.78, 5) is 0. The van der Waals surface area contributed by atoms with E-state index in [2.05, 4.69) is 75.0 Å². The molecule has 1 atom stereocenters. The van der Waals surface area contributed by atoms with Crippen molar-refractivity contribution in [3.05, 3.63) is 55.0 Å². The number of ether oxygens (including phenoxy) is 1. The molecule has 2 aromatic rings. The molecule has 0 saturated heterocycles. The predicted octanol–water partition coefficient (Wildman–Crippen LogP) is 5.89. The van der Waals surface area contributed by atoms with Crippen LogP contribution in [0.15, 0.2) is 40.9 Å². The van der Waals surface area contributed by atoms with Gasteiger partial charge in [0.25, 0.3) is 0 Å². The maximum absolute atomic E-state index is 6.10. The van der Waals surface area contributed by atoms with Crippen molar-refractivity contribution in [1.29, 1.82) is 0 Å². The third kappa shape index (κ3) is 3.80. The Hall–Kier alpha value is -0.460. The summed E-state index contributed by atoms with van der Waals surface area (Å²) < 4.78 is 7.48. The van der Waals surface area contributed by atoms with Crippen LogP contribution in [0.3, 0.4) is 0 Å². The normalized spacial score (nSPS) is 12.1. The second-order valence-corrected chi connectivity index (χ2v) is 6.92. The third-order valence-electron chi connectivity index (χ3n) is 2.95. The largest absolute Gasteiger partial charge is 0.493 e. The summed E-state index contributed by atoms with van der Waals surface area (Å²) in [5, 5.41) is 4.10. The van der Waals surface area contributed by atoms with Crippen LogP contribution < -0.4 is 10.1 Å². The Balaban J connectivity index is 2.27. The van der Waals surface area contributed by atoms with Crippen molar-refractivity contribution in [2.45, 2.75) is 13.0 Å². The first-order valence-corrected chi connectivity index (χ1v) is 8.31. The van der Waals surface area contributed by atoms with Gasteiger partial charge in [-0.1, -0.05) is 23.7 Å². The van der Waals surface area contributed by atoms with E-state index in [1.807, 2.05) is 12.1 Å². The maximum atomic E-state index is 6.10. The topological polar surface area (TPSA) is 21.3 Å². The van der Waals surface area contributed by atoms with Crippen molar-refractivity contribution < 1.29 is 4.74 Å². The van der Waals surface area contributed by atoms with Crippen LogP contribution in [0, 0.1) is 3.57 Å². The smallest absolute Gasteiger partial charge is 0.156 e. The zero-order valence-corrected chi connectivity index (χ0v) is 15.6. The lowest BCUT2D eigenvalue weighted by atomic mass is 10.1. The van der Waals surface area contributed by atoms with Gasteiger partial charge < -0.3 is 10.1 Å². The number of hydrogen-bond acceptors (Lipinski definition) is 2. The zero-order chi connectivity index (χ0) is 14.7. The monoisotopic (exact) mass is 465 g/mol. The van der Waals surface area contributed by atoms with Crippen LogP contribution >= 0.6 is 50.1 Å².